The van der Waals surface area contributed by atoms with Gasteiger partial charge in [0.15, 0.2) is 0 Å². The van der Waals surface area contributed by atoms with E-state index >= 15 is 0 Å². The zero-order valence-corrected chi connectivity index (χ0v) is 13.2. The summed E-state index contributed by atoms with van der Waals surface area (Å²) in [5.41, 5.74) is 1.05. The van der Waals surface area contributed by atoms with Crippen LogP contribution in [0.3, 0.4) is 0 Å². The van der Waals surface area contributed by atoms with Crippen molar-refractivity contribution >= 4 is 10.0 Å². The fraction of sp³-hybridized carbons (Fsp3) is 0.333. The summed E-state index contributed by atoms with van der Waals surface area (Å²) in [6, 6.07) is 12.4. The number of hydrogen-bond donors (Lipinski definition) is 1. The maximum atomic E-state index is 12.2. The molecule has 1 aromatic carbocycles. The van der Waals surface area contributed by atoms with E-state index in [2.05, 4.69) is 4.72 Å². The van der Waals surface area contributed by atoms with Gasteiger partial charge in [0.1, 0.15) is 0 Å². The molecule has 5 nitrogen and oxygen atoms in total. The van der Waals surface area contributed by atoms with E-state index in [4.69, 9.17) is 4.42 Å². The summed E-state index contributed by atoms with van der Waals surface area (Å²) in [5, 5.41) is -0.0695. The summed E-state index contributed by atoms with van der Waals surface area (Å²) in [6.45, 7) is 1.85. The Hall–Kier alpha value is -1.63. The van der Waals surface area contributed by atoms with Crippen LogP contribution in [0.15, 0.2) is 58.2 Å². The van der Waals surface area contributed by atoms with Crippen LogP contribution < -0.4 is 4.72 Å². The van der Waals surface area contributed by atoms with Crippen molar-refractivity contribution in [1.29, 1.82) is 0 Å². The van der Waals surface area contributed by atoms with Crippen molar-refractivity contribution in [2.75, 3.05) is 14.1 Å². The van der Waals surface area contributed by atoms with E-state index in [1.165, 1.54) is 12.3 Å². The Balaban J connectivity index is 2.23. The number of rotatable bonds is 6. The van der Waals surface area contributed by atoms with E-state index < -0.39 is 10.0 Å². The molecule has 6 heteroatoms. The molecule has 0 aliphatic carbocycles. The van der Waals surface area contributed by atoms with Crippen LogP contribution in [-0.4, -0.2) is 33.5 Å². The molecular formula is C15H20N2O3S. The second kappa shape index (κ2) is 6.43. The highest BCUT2D eigenvalue weighted by molar-refractivity contribution is 7.89. The summed E-state index contributed by atoms with van der Waals surface area (Å²) in [4.78, 5) is 1.99. The number of nitrogens with zero attached hydrogens (tertiary/aromatic N) is 1. The molecule has 2 rings (SSSR count). The Bertz CT molecular complexity index is 651. The number of furan rings is 1. The third-order valence-corrected chi connectivity index (χ3v) is 4.72. The van der Waals surface area contributed by atoms with Gasteiger partial charge in [0, 0.05) is 6.04 Å². The van der Waals surface area contributed by atoms with E-state index in [0.717, 1.165) is 5.56 Å². The molecule has 1 aromatic heterocycles. The number of likely N-dealkylation sites (N-methyl/N-ethyl adjacent to an activating group) is 1. The van der Waals surface area contributed by atoms with Crippen molar-refractivity contribution < 1.29 is 12.8 Å². The van der Waals surface area contributed by atoms with Gasteiger partial charge in [-0.15, -0.1) is 0 Å². The molecule has 21 heavy (non-hydrogen) atoms. The van der Waals surface area contributed by atoms with Crippen LogP contribution >= 0.6 is 0 Å². The Morgan fingerprint density at radius 1 is 1.10 bits per heavy atom. The minimum absolute atomic E-state index is 0.0695. The largest absolute Gasteiger partial charge is 0.452 e. The third kappa shape index (κ3) is 3.72. The quantitative estimate of drug-likeness (QED) is 0.889. The maximum Gasteiger partial charge on any atom is 0.274 e. The lowest BCUT2D eigenvalue weighted by Crippen LogP contribution is -2.42. The van der Waals surface area contributed by atoms with Crippen molar-refractivity contribution in [3.05, 3.63) is 54.3 Å². The average Bonchev–Trinajstić information content (AvgIpc) is 2.93. The first kappa shape index (κ1) is 15.8. The molecule has 2 atom stereocenters. The Kier molecular flexibility index (Phi) is 4.82. The predicted octanol–water partition coefficient (Wildman–Crippen LogP) is 2.25. The zero-order chi connectivity index (χ0) is 15.5. The van der Waals surface area contributed by atoms with Crippen LogP contribution in [0.25, 0.3) is 0 Å². The molecule has 1 heterocycles. The molecule has 114 valence electrons. The van der Waals surface area contributed by atoms with E-state index in [1.54, 1.807) is 6.07 Å². The molecule has 1 N–H and O–H groups in total. The normalized spacial score (nSPS) is 15.0. The summed E-state index contributed by atoms with van der Waals surface area (Å²) < 4.78 is 32.1. The van der Waals surface area contributed by atoms with E-state index in [9.17, 15) is 8.42 Å². The Labute approximate surface area is 125 Å². The van der Waals surface area contributed by atoms with Gasteiger partial charge in [-0.05, 0) is 38.7 Å². The molecule has 0 radical (unpaired) electrons. The lowest BCUT2D eigenvalue weighted by Gasteiger charge is -2.30. The van der Waals surface area contributed by atoms with Crippen molar-refractivity contribution in [1.82, 2.24) is 9.62 Å². The third-order valence-electron chi connectivity index (χ3n) is 3.27. The number of sulfonamides is 1. The summed E-state index contributed by atoms with van der Waals surface area (Å²) in [5.74, 6) is 0. The standard InChI is InChI=1S/C15H20N2O3S/c1-12(16-21(18,19)14-10-7-11-20-14)15(17(2)3)13-8-5-4-6-9-13/h4-12,15-16H,1-3H3/t12-,15+/m0/s1. The van der Waals surface area contributed by atoms with Crippen LogP contribution in [0.4, 0.5) is 0 Å². The van der Waals surface area contributed by atoms with Crippen LogP contribution in [0.1, 0.15) is 18.5 Å². The predicted molar refractivity (Wildman–Crippen MR) is 81.4 cm³/mol. The topological polar surface area (TPSA) is 62.6 Å². The first-order valence-electron chi connectivity index (χ1n) is 6.69. The van der Waals surface area contributed by atoms with Gasteiger partial charge in [0.05, 0.1) is 12.3 Å². The second-order valence-electron chi connectivity index (χ2n) is 5.16. The maximum absolute atomic E-state index is 12.2. The van der Waals surface area contributed by atoms with E-state index in [1.807, 2.05) is 56.3 Å². The average molecular weight is 308 g/mol. The van der Waals surface area contributed by atoms with E-state index in [-0.39, 0.29) is 17.2 Å². The lowest BCUT2D eigenvalue weighted by molar-refractivity contribution is 0.255. The molecule has 0 saturated carbocycles. The van der Waals surface area contributed by atoms with Crippen molar-refractivity contribution in [2.24, 2.45) is 0 Å². The van der Waals surface area contributed by atoms with E-state index in [0.29, 0.717) is 0 Å². The summed E-state index contributed by atoms with van der Waals surface area (Å²) >= 11 is 0. The number of hydrogen-bond acceptors (Lipinski definition) is 4. The van der Waals surface area contributed by atoms with Crippen LogP contribution in [0.2, 0.25) is 0 Å². The van der Waals surface area contributed by atoms with Crippen LogP contribution in [0, 0.1) is 0 Å². The Morgan fingerprint density at radius 3 is 2.29 bits per heavy atom. The fourth-order valence-electron chi connectivity index (χ4n) is 2.47. The smallest absolute Gasteiger partial charge is 0.274 e. The fourth-order valence-corrected chi connectivity index (χ4v) is 3.64. The molecule has 0 unspecified atom stereocenters. The second-order valence-corrected chi connectivity index (χ2v) is 6.81. The molecule has 2 aromatic rings. The van der Waals surface area contributed by atoms with Gasteiger partial charge in [0.2, 0.25) is 5.09 Å². The zero-order valence-electron chi connectivity index (χ0n) is 12.4. The molecule has 0 bridgehead atoms. The number of nitrogens with one attached hydrogen (secondary N) is 1. The molecule has 0 fully saturated rings. The molecule has 0 aliphatic heterocycles. The molecule has 0 saturated heterocycles. The minimum Gasteiger partial charge on any atom is -0.452 e. The van der Waals surface area contributed by atoms with Crippen molar-refractivity contribution in [2.45, 2.75) is 24.1 Å². The molecule has 0 spiro atoms. The van der Waals surface area contributed by atoms with Crippen LogP contribution in [0.5, 0.6) is 0 Å². The monoisotopic (exact) mass is 308 g/mol. The van der Waals surface area contributed by atoms with Gasteiger partial charge in [-0.3, -0.25) is 0 Å². The SMILES string of the molecule is C[C@H](NS(=O)(=O)c1ccco1)[C@H](c1ccccc1)N(C)C. The van der Waals surface area contributed by atoms with Gasteiger partial charge in [0.25, 0.3) is 10.0 Å². The minimum atomic E-state index is -3.65. The van der Waals surface area contributed by atoms with Crippen molar-refractivity contribution in [3.63, 3.8) is 0 Å². The van der Waals surface area contributed by atoms with Gasteiger partial charge < -0.3 is 9.32 Å². The van der Waals surface area contributed by atoms with Gasteiger partial charge in [-0.1, -0.05) is 30.3 Å². The molecule has 0 amide bonds. The van der Waals surface area contributed by atoms with Gasteiger partial charge >= 0.3 is 0 Å². The Morgan fingerprint density at radius 2 is 1.76 bits per heavy atom. The highest BCUT2D eigenvalue weighted by Gasteiger charge is 2.27. The van der Waals surface area contributed by atoms with Crippen LogP contribution in [-0.2, 0) is 10.0 Å². The highest BCUT2D eigenvalue weighted by Crippen LogP contribution is 2.23. The first-order valence-corrected chi connectivity index (χ1v) is 8.17. The van der Waals surface area contributed by atoms with Gasteiger partial charge in [-0.25, -0.2) is 13.1 Å². The number of benzene rings is 1. The highest BCUT2D eigenvalue weighted by atomic mass is 32.2. The van der Waals surface area contributed by atoms with Crippen molar-refractivity contribution in [3.8, 4) is 0 Å². The molecule has 0 aliphatic rings. The summed E-state index contributed by atoms with van der Waals surface area (Å²) in [7, 11) is 0.206. The molecular weight excluding hydrogens is 288 g/mol. The van der Waals surface area contributed by atoms with Gasteiger partial charge in [-0.2, -0.15) is 0 Å². The first-order chi connectivity index (χ1) is 9.92. The summed E-state index contributed by atoms with van der Waals surface area (Å²) in [6.07, 6.45) is 1.35. The lowest BCUT2D eigenvalue weighted by atomic mass is 10.0.